The van der Waals surface area contributed by atoms with E-state index >= 15 is 0 Å². The van der Waals surface area contributed by atoms with Gasteiger partial charge in [-0.1, -0.05) is 0 Å². The van der Waals surface area contributed by atoms with Gasteiger partial charge in [0.25, 0.3) is 0 Å². The molecule has 1 heterocycles. The standard InChI is InChI=1S/C14H21NO9/c1-6(16)20-5-10-11(21-7(2)17)12(22-8(3)18)13(14(15)24-10)23-9(4)19/h10-14H,5,15H2,1-4H3/t10-,11-,12+,13-,14+/m1/s1. The third-order valence-corrected chi connectivity index (χ3v) is 3.03. The van der Waals surface area contributed by atoms with Gasteiger partial charge in [0.05, 0.1) is 0 Å². The van der Waals surface area contributed by atoms with Crippen molar-refractivity contribution >= 4 is 23.9 Å². The van der Waals surface area contributed by atoms with E-state index in [2.05, 4.69) is 0 Å². The van der Waals surface area contributed by atoms with Gasteiger partial charge in [0.1, 0.15) is 18.9 Å². The molecule has 5 atom stereocenters. The van der Waals surface area contributed by atoms with Crippen LogP contribution >= 0.6 is 0 Å². The first-order valence-corrected chi connectivity index (χ1v) is 7.18. The third-order valence-electron chi connectivity index (χ3n) is 3.03. The lowest BCUT2D eigenvalue weighted by atomic mass is 9.97. The smallest absolute Gasteiger partial charge is 0.303 e. The van der Waals surface area contributed by atoms with Crippen molar-refractivity contribution in [3.05, 3.63) is 0 Å². The van der Waals surface area contributed by atoms with Crippen molar-refractivity contribution in [2.75, 3.05) is 6.61 Å². The van der Waals surface area contributed by atoms with Crippen molar-refractivity contribution in [1.82, 2.24) is 0 Å². The van der Waals surface area contributed by atoms with E-state index < -0.39 is 54.5 Å². The van der Waals surface area contributed by atoms with Crippen molar-refractivity contribution < 1.29 is 42.9 Å². The summed E-state index contributed by atoms with van der Waals surface area (Å²) < 4.78 is 25.6. The molecule has 10 nitrogen and oxygen atoms in total. The van der Waals surface area contributed by atoms with E-state index in [0.717, 1.165) is 20.8 Å². The van der Waals surface area contributed by atoms with Gasteiger partial charge >= 0.3 is 23.9 Å². The summed E-state index contributed by atoms with van der Waals surface area (Å²) in [4.78, 5) is 45.0. The molecule has 0 aromatic carbocycles. The van der Waals surface area contributed by atoms with Crippen LogP contribution in [-0.4, -0.2) is 61.1 Å². The van der Waals surface area contributed by atoms with Crippen LogP contribution in [0.25, 0.3) is 0 Å². The zero-order chi connectivity index (χ0) is 18.4. The van der Waals surface area contributed by atoms with Crippen LogP contribution in [0, 0.1) is 0 Å². The van der Waals surface area contributed by atoms with Crippen LogP contribution in [0.3, 0.4) is 0 Å². The highest BCUT2D eigenvalue weighted by Gasteiger charge is 2.51. The lowest BCUT2D eigenvalue weighted by molar-refractivity contribution is -0.251. The molecule has 0 spiro atoms. The Morgan fingerprint density at radius 1 is 0.792 bits per heavy atom. The first kappa shape index (κ1) is 19.8. The van der Waals surface area contributed by atoms with Crippen LogP contribution in [0.2, 0.25) is 0 Å². The van der Waals surface area contributed by atoms with Crippen molar-refractivity contribution in [2.24, 2.45) is 5.73 Å². The molecule has 24 heavy (non-hydrogen) atoms. The fourth-order valence-corrected chi connectivity index (χ4v) is 2.26. The number of rotatable bonds is 5. The van der Waals surface area contributed by atoms with E-state index in [4.69, 9.17) is 29.4 Å². The molecular weight excluding hydrogens is 326 g/mol. The minimum absolute atomic E-state index is 0.286. The molecule has 0 aromatic rings. The zero-order valence-corrected chi connectivity index (χ0v) is 13.8. The van der Waals surface area contributed by atoms with E-state index in [1.807, 2.05) is 0 Å². The van der Waals surface area contributed by atoms with Gasteiger partial charge in [-0.15, -0.1) is 0 Å². The highest BCUT2D eigenvalue weighted by molar-refractivity contribution is 5.68. The van der Waals surface area contributed by atoms with E-state index in [9.17, 15) is 19.2 Å². The fourth-order valence-electron chi connectivity index (χ4n) is 2.26. The Morgan fingerprint density at radius 2 is 1.25 bits per heavy atom. The second-order valence-corrected chi connectivity index (χ2v) is 5.16. The van der Waals surface area contributed by atoms with Crippen LogP contribution in [0.5, 0.6) is 0 Å². The van der Waals surface area contributed by atoms with Crippen LogP contribution in [0.1, 0.15) is 27.7 Å². The topological polar surface area (TPSA) is 140 Å². The van der Waals surface area contributed by atoms with E-state index in [-0.39, 0.29) is 6.61 Å². The van der Waals surface area contributed by atoms with Gasteiger partial charge in [0.15, 0.2) is 18.3 Å². The molecule has 0 aliphatic carbocycles. The predicted octanol–water partition coefficient (Wildman–Crippen LogP) is -0.972. The number of carbonyl (C=O) groups excluding carboxylic acids is 4. The quantitative estimate of drug-likeness (QED) is 0.487. The van der Waals surface area contributed by atoms with Gasteiger partial charge in [0.2, 0.25) is 0 Å². The molecule has 0 saturated carbocycles. The molecular formula is C14H21NO9. The highest BCUT2D eigenvalue weighted by atomic mass is 16.7. The Bertz CT molecular complexity index is 506. The van der Waals surface area contributed by atoms with Crippen LogP contribution in [0.4, 0.5) is 0 Å². The molecule has 0 radical (unpaired) electrons. The van der Waals surface area contributed by atoms with Crippen LogP contribution < -0.4 is 5.73 Å². The second kappa shape index (κ2) is 8.60. The number of nitrogens with two attached hydrogens (primary N) is 1. The average molecular weight is 347 g/mol. The Labute approximate surface area is 138 Å². The SMILES string of the molecule is CC(=O)OC[C@H]1O[C@H](N)[C@H](OC(C)=O)[C@@H](OC(C)=O)[C@@H]1OC(C)=O. The summed E-state index contributed by atoms with van der Waals surface area (Å²) in [6, 6.07) is 0. The summed E-state index contributed by atoms with van der Waals surface area (Å²) in [7, 11) is 0. The third kappa shape index (κ3) is 5.78. The first-order valence-electron chi connectivity index (χ1n) is 7.18. The molecule has 0 aromatic heterocycles. The van der Waals surface area contributed by atoms with E-state index in [1.54, 1.807) is 0 Å². The minimum atomic E-state index is -1.21. The van der Waals surface area contributed by atoms with Gasteiger partial charge in [-0.25, -0.2) is 0 Å². The second-order valence-electron chi connectivity index (χ2n) is 5.16. The van der Waals surface area contributed by atoms with Crippen molar-refractivity contribution in [3.63, 3.8) is 0 Å². The van der Waals surface area contributed by atoms with Gasteiger partial charge in [-0.3, -0.25) is 19.2 Å². The molecule has 2 N–H and O–H groups in total. The molecule has 10 heteroatoms. The number of carbonyl (C=O) groups is 4. The predicted molar refractivity (Wildman–Crippen MR) is 76.1 cm³/mol. The minimum Gasteiger partial charge on any atom is -0.463 e. The Kier molecular flexibility index (Phi) is 7.11. The van der Waals surface area contributed by atoms with Gasteiger partial charge in [-0.05, 0) is 0 Å². The monoisotopic (exact) mass is 347 g/mol. The Hall–Kier alpha value is -2.20. The summed E-state index contributed by atoms with van der Waals surface area (Å²) in [5.41, 5.74) is 5.81. The molecule has 0 bridgehead atoms. The number of hydrogen-bond acceptors (Lipinski definition) is 10. The molecule has 1 fully saturated rings. The summed E-state index contributed by atoms with van der Waals surface area (Å²) in [5, 5.41) is 0. The molecule has 1 rings (SSSR count). The van der Waals surface area contributed by atoms with Gasteiger partial charge in [-0.2, -0.15) is 0 Å². The van der Waals surface area contributed by atoms with Crippen molar-refractivity contribution in [2.45, 2.75) is 58.3 Å². The zero-order valence-electron chi connectivity index (χ0n) is 13.8. The maximum Gasteiger partial charge on any atom is 0.303 e. The van der Waals surface area contributed by atoms with Gasteiger partial charge < -0.3 is 29.4 Å². The van der Waals surface area contributed by atoms with E-state index in [1.165, 1.54) is 6.92 Å². The molecule has 0 amide bonds. The molecule has 136 valence electrons. The normalized spacial score (nSPS) is 29.3. The van der Waals surface area contributed by atoms with Crippen LogP contribution in [-0.2, 0) is 42.9 Å². The number of hydrogen-bond donors (Lipinski definition) is 1. The Morgan fingerprint density at radius 3 is 1.71 bits per heavy atom. The lowest BCUT2D eigenvalue weighted by Gasteiger charge is -2.43. The summed E-state index contributed by atoms with van der Waals surface area (Å²) >= 11 is 0. The fraction of sp³-hybridized carbons (Fsp3) is 0.714. The van der Waals surface area contributed by atoms with Crippen molar-refractivity contribution in [3.8, 4) is 0 Å². The molecule has 1 saturated heterocycles. The summed E-state index contributed by atoms with van der Waals surface area (Å²) in [5.74, 6) is -2.66. The number of esters is 4. The van der Waals surface area contributed by atoms with Crippen LogP contribution in [0.15, 0.2) is 0 Å². The maximum absolute atomic E-state index is 11.4. The molecule has 0 unspecified atom stereocenters. The maximum atomic E-state index is 11.4. The van der Waals surface area contributed by atoms with Gasteiger partial charge in [0, 0.05) is 27.7 Å². The molecule has 1 aliphatic rings. The largest absolute Gasteiger partial charge is 0.463 e. The highest BCUT2D eigenvalue weighted by Crippen LogP contribution is 2.27. The van der Waals surface area contributed by atoms with Crippen molar-refractivity contribution in [1.29, 1.82) is 0 Å². The number of ether oxygens (including phenoxy) is 5. The lowest BCUT2D eigenvalue weighted by Crippen LogP contribution is -2.64. The Balaban J connectivity index is 3.11. The summed E-state index contributed by atoms with van der Waals surface area (Å²) in [6.07, 6.45) is -5.74. The average Bonchev–Trinajstić information content (AvgIpc) is 2.42. The summed E-state index contributed by atoms with van der Waals surface area (Å²) in [6.45, 7) is 4.32. The van der Waals surface area contributed by atoms with E-state index in [0.29, 0.717) is 0 Å². The first-order chi connectivity index (χ1) is 11.1. The molecule has 1 aliphatic heterocycles.